The summed E-state index contributed by atoms with van der Waals surface area (Å²) in [4.78, 5) is 8.97. The summed E-state index contributed by atoms with van der Waals surface area (Å²) in [5.41, 5.74) is 4.49. The molecule has 0 saturated carbocycles. The summed E-state index contributed by atoms with van der Waals surface area (Å²) < 4.78 is 32.8. The van der Waals surface area contributed by atoms with Gasteiger partial charge in [-0.25, -0.2) is 9.37 Å². The third-order valence-corrected chi connectivity index (χ3v) is 5.48. The molecule has 5 aromatic rings. The summed E-state index contributed by atoms with van der Waals surface area (Å²) in [5, 5.41) is 0.856. The van der Waals surface area contributed by atoms with Crippen LogP contribution in [0.1, 0.15) is 0 Å². The van der Waals surface area contributed by atoms with E-state index in [1.54, 1.807) is 56.6 Å². The molecule has 2 heterocycles. The van der Waals surface area contributed by atoms with Crippen LogP contribution in [0, 0.1) is 5.82 Å². The largest absolute Gasteiger partial charge is 0.493 e. The van der Waals surface area contributed by atoms with E-state index in [1.165, 1.54) is 6.07 Å². The van der Waals surface area contributed by atoms with Gasteiger partial charge < -0.3 is 14.2 Å². The standard InChI is InChI=1S/C25H20FN3O3/c1-30-22-11-16(12-23(31-2)25(22)32-3)15-8-9-19-17(10-15)24-20(13-27-19)28-14-29(24)21-7-5-4-6-18(21)26/h4-14H,1-3H3. The van der Waals surface area contributed by atoms with E-state index in [4.69, 9.17) is 14.2 Å². The number of hydrogen-bond donors (Lipinski definition) is 0. The molecule has 0 N–H and O–H groups in total. The predicted molar refractivity (Wildman–Crippen MR) is 121 cm³/mol. The molecule has 0 radical (unpaired) electrons. The van der Waals surface area contributed by atoms with Crippen LogP contribution >= 0.6 is 0 Å². The molecule has 3 aromatic carbocycles. The number of aromatic nitrogens is 3. The van der Waals surface area contributed by atoms with Crippen LogP contribution in [0.15, 0.2) is 67.1 Å². The van der Waals surface area contributed by atoms with Crippen molar-refractivity contribution in [2.75, 3.05) is 21.3 Å². The van der Waals surface area contributed by atoms with Crippen molar-refractivity contribution >= 4 is 21.9 Å². The van der Waals surface area contributed by atoms with Gasteiger partial charge in [-0.1, -0.05) is 18.2 Å². The number of hydrogen-bond acceptors (Lipinski definition) is 5. The summed E-state index contributed by atoms with van der Waals surface area (Å²) in [6.07, 6.45) is 3.32. The predicted octanol–water partition coefficient (Wildman–Crippen LogP) is 5.41. The van der Waals surface area contributed by atoms with Gasteiger partial charge in [0.05, 0.1) is 44.2 Å². The minimum absolute atomic E-state index is 0.322. The Balaban J connectivity index is 1.77. The van der Waals surface area contributed by atoms with Crippen LogP contribution in [0.2, 0.25) is 0 Å². The number of ether oxygens (including phenoxy) is 3. The molecule has 5 rings (SSSR count). The Morgan fingerprint density at radius 3 is 2.22 bits per heavy atom. The van der Waals surface area contributed by atoms with E-state index in [1.807, 2.05) is 30.3 Å². The first-order chi connectivity index (χ1) is 15.6. The average Bonchev–Trinajstić information content (AvgIpc) is 3.27. The highest BCUT2D eigenvalue weighted by Gasteiger charge is 2.16. The first kappa shape index (κ1) is 19.8. The first-order valence-electron chi connectivity index (χ1n) is 9.95. The fourth-order valence-corrected chi connectivity index (χ4v) is 3.95. The van der Waals surface area contributed by atoms with Crippen molar-refractivity contribution in [1.82, 2.24) is 14.5 Å². The first-order valence-corrected chi connectivity index (χ1v) is 9.95. The zero-order chi connectivity index (χ0) is 22.2. The number of imidazole rings is 1. The quantitative estimate of drug-likeness (QED) is 0.374. The Kier molecular flexibility index (Phi) is 4.86. The third-order valence-electron chi connectivity index (χ3n) is 5.48. The summed E-state index contributed by atoms with van der Waals surface area (Å²) in [7, 11) is 4.74. The van der Waals surface area contributed by atoms with Crippen molar-refractivity contribution < 1.29 is 18.6 Å². The Bertz CT molecular complexity index is 1440. The van der Waals surface area contributed by atoms with Gasteiger partial charge in [0.25, 0.3) is 0 Å². The average molecular weight is 429 g/mol. The van der Waals surface area contributed by atoms with E-state index in [-0.39, 0.29) is 5.82 Å². The molecule has 7 heteroatoms. The lowest BCUT2D eigenvalue weighted by atomic mass is 10.0. The molecule has 0 amide bonds. The van der Waals surface area contributed by atoms with Gasteiger partial charge in [-0.15, -0.1) is 0 Å². The van der Waals surface area contributed by atoms with Gasteiger partial charge in [0.1, 0.15) is 17.7 Å². The van der Waals surface area contributed by atoms with E-state index < -0.39 is 0 Å². The van der Waals surface area contributed by atoms with Crippen molar-refractivity contribution in [2.45, 2.75) is 0 Å². The minimum Gasteiger partial charge on any atom is -0.493 e. The Morgan fingerprint density at radius 2 is 1.53 bits per heavy atom. The van der Waals surface area contributed by atoms with Crippen LogP contribution < -0.4 is 14.2 Å². The van der Waals surface area contributed by atoms with Crippen LogP contribution in [0.5, 0.6) is 17.2 Å². The number of nitrogens with zero attached hydrogens (tertiary/aromatic N) is 3. The van der Waals surface area contributed by atoms with Gasteiger partial charge in [-0.05, 0) is 47.5 Å². The molecule has 6 nitrogen and oxygen atoms in total. The lowest BCUT2D eigenvalue weighted by Crippen LogP contribution is -1.97. The highest BCUT2D eigenvalue weighted by molar-refractivity contribution is 6.04. The van der Waals surface area contributed by atoms with E-state index in [0.717, 1.165) is 27.5 Å². The lowest BCUT2D eigenvalue weighted by Gasteiger charge is -2.15. The van der Waals surface area contributed by atoms with E-state index in [2.05, 4.69) is 9.97 Å². The number of rotatable bonds is 5. The molecule has 0 aliphatic carbocycles. The van der Waals surface area contributed by atoms with Gasteiger partial charge in [0.15, 0.2) is 11.5 Å². The molecular weight excluding hydrogens is 409 g/mol. The number of halogens is 1. The highest BCUT2D eigenvalue weighted by Crippen LogP contribution is 2.42. The van der Waals surface area contributed by atoms with Crippen LogP contribution in [-0.4, -0.2) is 35.9 Å². The Labute approximate surface area is 183 Å². The van der Waals surface area contributed by atoms with Gasteiger partial charge in [0.2, 0.25) is 5.75 Å². The Hall–Kier alpha value is -4.13. The Morgan fingerprint density at radius 1 is 0.781 bits per heavy atom. The summed E-state index contributed by atoms with van der Waals surface area (Å²) in [6.45, 7) is 0. The highest BCUT2D eigenvalue weighted by atomic mass is 19.1. The number of fused-ring (bicyclic) bond motifs is 3. The number of methoxy groups -OCH3 is 3. The van der Waals surface area contributed by atoms with E-state index >= 15 is 0 Å². The second-order valence-electron chi connectivity index (χ2n) is 7.20. The van der Waals surface area contributed by atoms with E-state index in [9.17, 15) is 4.39 Å². The maximum atomic E-state index is 14.6. The molecule has 0 bridgehead atoms. The van der Waals surface area contributed by atoms with Gasteiger partial charge in [-0.3, -0.25) is 9.55 Å². The van der Waals surface area contributed by atoms with Crippen molar-refractivity contribution in [3.8, 4) is 34.1 Å². The molecule has 0 spiro atoms. The molecule has 0 fully saturated rings. The van der Waals surface area contributed by atoms with E-state index in [0.29, 0.717) is 28.5 Å². The second kappa shape index (κ2) is 7.85. The zero-order valence-electron chi connectivity index (χ0n) is 17.8. The smallest absolute Gasteiger partial charge is 0.203 e. The molecule has 160 valence electrons. The molecular formula is C25H20FN3O3. The maximum absolute atomic E-state index is 14.6. The number of para-hydroxylation sites is 1. The molecule has 0 aliphatic heterocycles. The molecule has 32 heavy (non-hydrogen) atoms. The second-order valence-corrected chi connectivity index (χ2v) is 7.20. The lowest BCUT2D eigenvalue weighted by molar-refractivity contribution is 0.324. The van der Waals surface area contributed by atoms with Crippen LogP contribution in [0.3, 0.4) is 0 Å². The summed E-state index contributed by atoms with van der Waals surface area (Å²) in [5.74, 6) is 1.34. The zero-order valence-corrected chi connectivity index (χ0v) is 17.8. The molecule has 0 unspecified atom stereocenters. The number of pyridine rings is 1. The molecule has 0 aliphatic rings. The molecule has 0 saturated heterocycles. The fourth-order valence-electron chi connectivity index (χ4n) is 3.95. The molecule has 2 aromatic heterocycles. The van der Waals surface area contributed by atoms with Crippen LogP contribution in [0.25, 0.3) is 38.8 Å². The fraction of sp³-hybridized carbons (Fsp3) is 0.120. The van der Waals surface area contributed by atoms with Crippen molar-refractivity contribution in [2.24, 2.45) is 0 Å². The van der Waals surface area contributed by atoms with Gasteiger partial charge in [0, 0.05) is 5.39 Å². The summed E-state index contributed by atoms with van der Waals surface area (Å²) >= 11 is 0. The summed E-state index contributed by atoms with van der Waals surface area (Å²) in [6, 6.07) is 16.4. The topological polar surface area (TPSA) is 58.4 Å². The monoisotopic (exact) mass is 429 g/mol. The maximum Gasteiger partial charge on any atom is 0.203 e. The van der Waals surface area contributed by atoms with Gasteiger partial charge >= 0.3 is 0 Å². The normalized spacial score (nSPS) is 11.1. The van der Waals surface area contributed by atoms with Crippen LogP contribution in [0.4, 0.5) is 4.39 Å². The minimum atomic E-state index is -0.322. The molecule has 0 atom stereocenters. The van der Waals surface area contributed by atoms with Crippen molar-refractivity contribution in [3.05, 3.63) is 72.9 Å². The van der Waals surface area contributed by atoms with Gasteiger partial charge in [-0.2, -0.15) is 0 Å². The third kappa shape index (κ3) is 3.10. The van der Waals surface area contributed by atoms with Crippen molar-refractivity contribution in [1.29, 1.82) is 0 Å². The number of benzene rings is 3. The van der Waals surface area contributed by atoms with Crippen LogP contribution in [-0.2, 0) is 0 Å². The van der Waals surface area contributed by atoms with Crippen molar-refractivity contribution in [3.63, 3.8) is 0 Å². The SMILES string of the molecule is COc1cc(-c2ccc3ncc4ncn(-c5ccccc5F)c4c3c2)cc(OC)c1OC.